The van der Waals surface area contributed by atoms with Crippen molar-refractivity contribution in [1.82, 2.24) is 0 Å². The van der Waals surface area contributed by atoms with E-state index < -0.39 is 5.97 Å². The summed E-state index contributed by atoms with van der Waals surface area (Å²) in [5.74, 6) is 0.216. The number of carboxylic acids is 1. The molecule has 98 valence electrons. The highest BCUT2D eigenvalue weighted by molar-refractivity contribution is 9.10. The lowest BCUT2D eigenvalue weighted by Crippen LogP contribution is -2.00. The van der Waals surface area contributed by atoms with Gasteiger partial charge in [-0.05, 0) is 30.3 Å². The van der Waals surface area contributed by atoms with Crippen molar-refractivity contribution in [3.63, 3.8) is 0 Å². The number of carbonyl (C=O) groups is 1. The fourth-order valence-electron chi connectivity index (χ4n) is 1.58. The molecule has 0 aliphatic carbocycles. The maximum atomic E-state index is 11.2. The molecule has 0 amide bonds. The molecular weight excluding hydrogens is 312 g/mol. The highest BCUT2D eigenvalue weighted by Gasteiger charge is 2.14. The van der Waals surface area contributed by atoms with Gasteiger partial charge in [-0.1, -0.05) is 28.1 Å². The minimum absolute atomic E-state index is 0.0918. The summed E-state index contributed by atoms with van der Waals surface area (Å²) in [4.78, 5) is 11.2. The van der Waals surface area contributed by atoms with Gasteiger partial charge in [0.15, 0.2) is 11.5 Å². The van der Waals surface area contributed by atoms with Crippen LogP contribution >= 0.6 is 15.9 Å². The molecule has 0 saturated carbocycles. The number of benzene rings is 2. The maximum absolute atomic E-state index is 11.2. The van der Waals surface area contributed by atoms with Crippen molar-refractivity contribution in [2.45, 2.75) is 0 Å². The maximum Gasteiger partial charge on any atom is 0.339 e. The van der Waals surface area contributed by atoms with Crippen molar-refractivity contribution >= 4 is 21.9 Å². The van der Waals surface area contributed by atoms with Crippen LogP contribution in [0.4, 0.5) is 0 Å². The van der Waals surface area contributed by atoms with Crippen LogP contribution in [0, 0.1) is 0 Å². The summed E-state index contributed by atoms with van der Waals surface area (Å²) in [5, 5.41) is 9.13. The van der Waals surface area contributed by atoms with Gasteiger partial charge in [0.05, 0.1) is 7.11 Å². The molecule has 0 bridgehead atoms. The van der Waals surface area contributed by atoms with Crippen LogP contribution in [-0.4, -0.2) is 18.2 Å². The second kappa shape index (κ2) is 5.75. The number of hydrogen-bond acceptors (Lipinski definition) is 3. The Kier molecular flexibility index (Phi) is 4.06. The van der Waals surface area contributed by atoms with Crippen LogP contribution in [0.1, 0.15) is 10.4 Å². The summed E-state index contributed by atoms with van der Waals surface area (Å²) in [6.45, 7) is 0. The van der Waals surface area contributed by atoms with E-state index in [2.05, 4.69) is 15.9 Å². The van der Waals surface area contributed by atoms with Gasteiger partial charge in [0.2, 0.25) is 0 Å². The van der Waals surface area contributed by atoms with Gasteiger partial charge in [0.25, 0.3) is 0 Å². The van der Waals surface area contributed by atoms with E-state index in [1.54, 1.807) is 30.3 Å². The molecule has 0 aliphatic heterocycles. The summed E-state index contributed by atoms with van der Waals surface area (Å²) in [6.07, 6.45) is 0. The highest BCUT2D eigenvalue weighted by Crippen LogP contribution is 2.34. The second-order valence-electron chi connectivity index (χ2n) is 3.70. The van der Waals surface area contributed by atoms with E-state index in [1.807, 2.05) is 6.07 Å². The molecule has 0 fully saturated rings. The molecule has 4 nitrogen and oxygen atoms in total. The number of rotatable bonds is 4. The van der Waals surface area contributed by atoms with Crippen LogP contribution in [0.25, 0.3) is 0 Å². The SMILES string of the molecule is COc1ccccc1Oc1cc(Br)ccc1C(=O)O. The average Bonchev–Trinajstić information content (AvgIpc) is 2.39. The smallest absolute Gasteiger partial charge is 0.339 e. The minimum Gasteiger partial charge on any atom is -0.493 e. The van der Waals surface area contributed by atoms with Gasteiger partial charge < -0.3 is 14.6 Å². The quantitative estimate of drug-likeness (QED) is 0.926. The summed E-state index contributed by atoms with van der Waals surface area (Å²) >= 11 is 3.29. The van der Waals surface area contributed by atoms with Crippen molar-refractivity contribution < 1.29 is 19.4 Å². The third-order valence-corrected chi connectivity index (χ3v) is 2.96. The molecule has 0 spiro atoms. The van der Waals surface area contributed by atoms with Crippen LogP contribution in [0.3, 0.4) is 0 Å². The van der Waals surface area contributed by atoms with E-state index in [-0.39, 0.29) is 11.3 Å². The number of hydrogen-bond donors (Lipinski definition) is 1. The Hall–Kier alpha value is -2.01. The number of methoxy groups -OCH3 is 1. The predicted molar refractivity (Wildman–Crippen MR) is 74.2 cm³/mol. The molecule has 0 aromatic heterocycles. The van der Waals surface area contributed by atoms with Crippen LogP contribution in [0.5, 0.6) is 17.2 Å². The first-order valence-electron chi connectivity index (χ1n) is 5.45. The highest BCUT2D eigenvalue weighted by atomic mass is 79.9. The molecule has 0 heterocycles. The predicted octanol–water partition coefficient (Wildman–Crippen LogP) is 3.95. The molecule has 2 rings (SSSR count). The number of aromatic carboxylic acids is 1. The van der Waals surface area contributed by atoms with Crippen molar-refractivity contribution in [1.29, 1.82) is 0 Å². The van der Waals surface area contributed by atoms with Gasteiger partial charge in [-0.15, -0.1) is 0 Å². The zero-order chi connectivity index (χ0) is 13.8. The Morgan fingerprint density at radius 3 is 2.42 bits per heavy atom. The first kappa shape index (κ1) is 13.4. The first-order chi connectivity index (χ1) is 9.11. The zero-order valence-electron chi connectivity index (χ0n) is 10.1. The van der Waals surface area contributed by atoms with E-state index in [1.165, 1.54) is 13.2 Å². The zero-order valence-corrected chi connectivity index (χ0v) is 11.7. The summed E-state index contributed by atoms with van der Waals surface area (Å²) in [5.41, 5.74) is 0.0918. The van der Waals surface area contributed by atoms with Crippen LogP contribution in [-0.2, 0) is 0 Å². The van der Waals surface area contributed by atoms with Gasteiger partial charge in [-0.3, -0.25) is 0 Å². The second-order valence-corrected chi connectivity index (χ2v) is 4.61. The third kappa shape index (κ3) is 3.06. The number of ether oxygens (including phenoxy) is 2. The largest absolute Gasteiger partial charge is 0.493 e. The Morgan fingerprint density at radius 2 is 1.79 bits per heavy atom. The van der Waals surface area contributed by atoms with Crippen molar-refractivity contribution in [3.8, 4) is 17.2 Å². The molecule has 0 radical (unpaired) electrons. The van der Waals surface area contributed by atoms with E-state index in [4.69, 9.17) is 14.6 Å². The van der Waals surface area contributed by atoms with E-state index in [0.717, 1.165) is 4.47 Å². The fraction of sp³-hybridized carbons (Fsp3) is 0.0714. The summed E-state index contributed by atoms with van der Waals surface area (Å²) in [6, 6.07) is 11.8. The van der Waals surface area contributed by atoms with E-state index in [9.17, 15) is 4.79 Å². The Bertz CT molecular complexity index is 610. The molecule has 0 aliphatic rings. The summed E-state index contributed by atoms with van der Waals surface area (Å²) in [7, 11) is 1.53. The lowest BCUT2D eigenvalue weighted by molar-refractivity contribution is 0.0694. The van der Waals surface area contributed by atoms with E-state index >= 15 is 0 Å². The lowest BCUT2D eigenvalue weighted by Gasteiger charge is -2.12. The van der Waals surface area contributed by atoms with Crippen LogP contribution in [0.15, 0.2) is 46.9 Å². The molecule has 0 atom stereocenters. The van der Waals surface area contributed by atoms with Crippen molar-refractivity contribution in [2.75, 3.05) is 7.11 Å². The van der Waals surface area contributed by atoms with E-state index in [0.29, 0.717) is 11.5 Å². The topological polar surface area (TPSA) is 55.8 Å². The molecule has 19 heavy (non-hydrogen) atoms. The van der Waals surface area contributed by atoms with Gasteiger partial charge in [-0.2, -0.15) is 0 Å². The van der Waals surface area contributed by atoms with Gasteiger partial charge >= 0.3 is 5.97 Å². The molecule has 0 saturated heterocycles. The third-order valence-electron chi connectivity index (χ3n) is 2.46. The monoisotopic (exact) mass is 322 g/mol. The Morgan fingerprint density at radius 1 is 1.11 bits per heavy atom. The van der Waals surface area contributed by atoms with Crippen molar-refractivity contribution in [2.24, 2.45) is 0 Å². The van der Waals surface area contributed by atoms with Gasteiger partial charge in [-0.25, -0.2) is 4.79 Å². The molecular formula is C14H11BrO4. The molecule has 2 aromatic carbocycles. The fourth-order valence-corrected chi connectivity index (χ4v) is 1.92. The minimum atomic E-state index is -1.04. The number of para-hydroxylation sites is 2. The standard InChI is InChI=1S/C14H11BrO4/c1-18-11-4-2-3-5-12(11)19-13-8-9(15)6-7-10(13)14(16)17/h2-8H,1H3,(H,16,17). The molecule has 2 aromatic rings. The normalized spacial score (nSPS) is 10.0. The van der Waals surface area contributed by atoms with Crippen LogP contribution < -0.4 is 9.47 Å². The average molecular weight is 323 g/mol. The lowest BCUT2D eigenvalue weighted by atomic mass is 10.2. The van der Waals surface area contributed by atoms with Crippen LogP contribution in [0.2, 0.25) is 0 Å². The molecule has 0 unspecified atom stereocenters. The Balaban J connectivity index is 2.42. The molecule has 5 heteroatoms. The number of carboxylic acid groups (broad SMARTS) is 1. The van der Waals surface area contributed by atoms with Crippen molar-refractivity contribution in [3.05, 3.63) is 52.5 Å². The number of halogens is 1. The molecule has 1 N–H and O–H groups in total. The summed E-state index contributed by atoms with van der Waals surface area (Å²) < 4.78 is 11.5. The Labute approximate surface area is 118 Å². The van der Waals surface area contributed by atoms with Gasteiger partial charge in [0, 0.05) is 4.47 Å². The first-order valence-corrected chi connectivity index (χ1v) is 6.25. The van der Waals surface area contributed by atoms with Gasteiger partial charge in [0.1, 0.15) is 11.3 Å².